The molecular formula is C22H29N. The van der Waals surface area contributed by atoms with Gasteiger partial charge in [-0.05, 0) is 53.9 Å². The highest BCUT2D eigenvalue weighted by molar-refractivity contribution is 5.55. The third kappa shape index (κ3) is 3.96. The second-order valence-electron chi connectivity index (χ2n) is 7.38. The molecule has 0 saturated carbocycles. The Kier molecular flexibility index (Phi) is 5.05. The van der Waals surface area contributed by atoms with Crippen LogP contribution in [0.5, 0.6) is 0 Å². The second-order valence-corrected chi connectivity index (χ2v) is 7.38. The van der Waals surface area contributed by atoms with Crippen molar-refractivity contribution in [2.24, 2.45) is 5.92 Å². The highest BCUT2D eigenvalue weighted by Gasteiger charge is 2.18. The number of rotatable bonds is 5. The van der Waals surface area contributed by atoms with Gasteiger partial charge < -0.3 is 4.90 Å². The van der Waals surface area contributed by atoms with Crippen LogP contribution in [0.25, 0.3) is 0 Å². The summed E-state index contributed by atoms with van der Waals surface area (Å²) in [5, 5.41) is 0. The van der Waals surface area contributed by atoms with Gasteiger partial charge in [0.1, 0.15) is 0 Å². The summed E-state index contributed by atoms with van der Waals surface area (Å²) in [5.74, 6) is 1.29. The largest absolute Gasteiger partial charge is 0.371 e. The van der Waals surface area contributed by atoms with Gasteiger partial charge in [0.05, 0.1) is 0 Å². The summed E-state index contributed by atoms with van der Waals surface area (Å²) < 4.78 is 0. The molecule has 23 heavy (non-hydrogen) atoms. The van der Waals surface area contributed by atoms with Crippen LogP contribution in [0.1, 0.15) is 49.8 Å². The van der Waals surface area contributed by atoms with E-state index < -0.39 is 0 Å². The van der Waals surface area contributed by atoms with Crippen molar-refractivity contribution in [1.29, 1.82) is 0 Å². The van der Waals surface area contributed by atoms with E-state index in [0.717, 1.165) is 13.0 Å². The number of hydrogen-bond acceptors (Lipinski definition) is 1. The Morgan fingerprint density at radius 3 is 2.43 bits per heavy atom. The average Bonchev–Trinajstić information content (AvgIpc) is 2.55. The normalized spacial score (nSPS) is 15.6. The monoisotopic (exact) mass is 307 g/mol. The first-order chi connectivity index (χ1) is 11.1. The number of hydrogen-bond donors (Lipinski definition) is 0. The topological polar surface area (TPSA) is 3.24 Å². The fourth-order valence-corrected chi connectivity index (χ4v) is 3.68. The summed E-state index contributed by atoms with van der Waals surface area (Å²) in [5.41, 5.74) is 5.88. The Labute approximate surface area is 141 Å². The predicted octanol–water partition coefficient (Wildman–Crippen LogP) is 5.44. The summed E-state index contributed by atoms with van der Waals surface area (Å²) in [7, 11) is 0. The molecule has 1 nitrogen and oxygen atoms in total. The third-order valence-electron chi connectivity index (χ3n) is 4.97. The smallest absolute Gasteiger partial charge is 0.0398 e. The predicted molar refractivity (Wildman–Crippen MR) is 100 cm³/mol. The molecule has 1 unspecified atom stereocenters. The van der Waals surface area contributed by atoms with Crippen molar-refractivity contribution >= 4 is 5.69 Å². The zero-order chi connectivity index (χ0) is 16.2. The molecule has 1 heteroatoms. The average molecular weight is 307 g/mol. The van der Waals surface area contributed by atoms with Crippen molar-refractivity contribution in [2.75, 3.05) is 18.0 Å². The van der Waals surface area contributed by atoms with E-state index in [-0.39, 0.29) is 0 Å². The minimum Gasteiger partial charge on any atom is -0.371 e. The van der Waals surface area contributed by atoms with Gasteiger partial charge >= 0.3 is 0 Å². The van der Waals surface area contributed by atoms with E-state index >= 15 is 0 Å². The van der Waals surface area contributed by atoms with E-state index in [0.29, 0.717) is 11.8 Å². The standard InChI is InChI=1S/C22H29N/c1-17(2)20-12-10-19(11-13-20)15-18(3)16-23-14-6-8-21-7-4-5-9-22(21)23/h4-5,7,9-13,17-18H,6,8,14-16H2,1-3H3. The van der Waals surface area contributed by atoms with Crippen molar-refractivity contribution in [3.63, 3.8) is 0 Å². The van der Waals surface area contributed by atoms with Gasteiger partial charge in [-0.3, -0.25) is 0 Å². The van der Waals surface area contributed by atoms with Gasteiger partial charge in [-0.1, -0.05) is 63.2 Å². The van der Waals surface area contributed by atoms with Gasteiger partial charge in [0.25, 0.3) is 0 Å². The molecular weight excluding hydrogens is 278 g/mol. The maximum Gasteiger partial charge on any atom is 0.0398 e. The van der Waals surface area contributed by atoms with Crippen molar-refractivity contribution in [3.05, 3.63) is 65.2 Å². The Morgan fingerprint density at radius 1 is 0.957 bits per heavy atom. The number of anilines is 1. The van der Waals surface area contributed by atoms with Gasteiger partial charge in [-0.15, -0.1) is 0 Å². The van der Waals surface area contributed by atoms with E-state index in [1.165, 1.54) is 41.8 Å². The number of para-hydroxylation sites is 1. The lowest BCUT2D eigenvalue weighted by atomic mass is 9.95. The quantitative estimate of drug-likeness (QED) is 0.711. The molecule has 1 aliphatic heterocycles. The lowest BCUT2D eigenvalue weighted by Gasteiger charge is -2.33. The van der Waals surface area contributed by atoms with Crippen LogP contribution in [0, 0.1) is 5.92 Å². The molecule has 3 rings (SSSR count). The van der Waals surface area contributed by atoms with Crippen molar-refractivity contribution in [2.45, 2.75) is 46.0 Å². The van der Waals surface area contributed by atoms with Gasteiger partial charge in [0.15, 0.2) is 0 Å². The van der Waals surface area contributed by atoms with Crippen LogP contribution in [-0.2, 0) is 12.8 Å². The van der Waals surface area contributed by atoms with Crippen molar-refractivity contribution < 1.29 is 0 Å². The van der Waals surface area contributed by atoms with Crippen LogP contribution in [0.4, 0.5) is 5.69 Å². The number of aryl methyl sites for hydroxylation is 1. The first-order valence-corrected chi connectivity index (χ1v) is 9.05. The molecule has 0 radical (unpaired) electrons. The fraction of sp³-hybridized carbons (Fsp3) is 0.455. The van der Waals surface area contributed by atoms with Gasteiger partial charge in [-0.25, -0.2) is 0 Å². The number of benzene rings is 2. The third-order valence-corrected chi connectivity index (χ3v) is 4.97. The van der Waals surface area contributed by atoms with Gasteiger partial charge in [0.2, 0.25) is 0 Å². The first-order valence-electron chi connectivity index (χ1n) is 9.05. The lowest BCUT2D eigenvalue weighted by Crippen LogP contribution is -2.33. The Bertz CT molecular complexity index is 627. The number of fused-ring (bicyclic) bond motifs is 1. The van der Waals surface area contributed by atoms with Gasteiger partial charge in [0, 0.05) is 18.8 Å². The van der Waals surface area contributed by atoms with E-state index in [9.17, 15) is 0 Å². The molecule has 0 saturated heterocycles. The summed E-state index contributed by atoms with van der Waals surface area (Å²) in [6.45, 7) is 9.25. The van der Waals surface area contributed by atoms with Gasteiger partial charge in [-0.2, -0.15) is 0 Å². The van der Waals surface area contributed by atoms with E-state index in [1.54, 1.807) is 0 Å². The SMILES string of the molecule is CC(Cc1ccc(C(C)C)cc1)CN1CCCc2ccccc21. The lowest BCUT2D eigenvalue weighted by molar-refractivity contribution is 0.541. The molecule has 0 bridgehead atoms. The highest BCUT2D eigenvalue weighted by Crippen LogP contribution is 2.28. The van der Waals surface area contributed by atoms with Crippen LogP contribution in [0.15, 0.2) is 48.5 Å². The Hall–Kier alpha value is -1.76. The molecule has 122 valence electrons. The summed E-state index contributed by atoms with van der Waals surface area (Å²) >= 11 is 0. The zero-order valence-electron chi connectivity index (χ0n) is 14.8. The Balaban J connectivity index is 1.63. The molecule has 0 amide bonds. The fourth-order valence-electron chi connectivity index (χ4n) is 3.68. The van der Waals surface area contributed by atoms with Crippen LogP contribution >= 0.6 is 0 Å². The van der Waals surface area contributed by atoms with E-state index in [4.69, 9.17) is 0 Å². The maximum absolute atomic E-state index is 2.59. The molecule has 0 N–H and O–H groups in total. The highest BCUT2D eigenvalue weighted by atomic mass is 15.1. The summed E-state index contributed by atoms with van der Waals surface area (Å²) in [6.07, 6.45) is 3.68. The molecule has 0 aliphatic carbocycles. The Morgan fingerprint density at radius 2 is 1.70 bits per heavy atom. The summed E-state index contributed by atoms with van der Waals surface area (Å²) in [6, 6.07) is 18.1. The van der Waals surface area contributed by atoms with E-state index in [2.05, 4.69) is 74.2 Å². The summed E-state index contributed by atoms with van der Waals surface area (Å²) in [4.78, 5) is 2.59. The first kappa shape index (κ1) is 16.1. The number of nitrogens with zero attached hydrogens (tertiary/aromatic N) is 1. The molecule has 1 heterocycles. The van der Waals surface area contributed by atoms with Crippen LogP contribution in [0.3, 0.4) is 0 Å². The van der Waals surface area contributed by atoms with Crippen LogP contribution in [-0.4, -0.2) is 13.1 Å². The molecule has 1 aliphatic rings. The zero-order valence-corrected chi connectivity index (χ0v) is 14.8. The molecule has 2 aromatic rings. The molecule has 1 atom stereocenters. The minimum absolute atomic E-state index is 0.617. The van der Waals surface area contributed by atoms with Crippen LogP contribution in [0.2, 0.25) is 0 Å². The second kappa shape index (κ2) is 7.21. The molecule has 0 aromatic heterocycles. The van der Waals surface area contributed by atoms with Crippen LogP contribution < -0.4 is 4.90 Å². The van der Waals surface area contributed by atoms with E-state index in [1.807, 2.05) is 0 Å². The molecule has 2 aromatic carbocycles. The van der Waals surface area contributed by atoms with Crippen molar-refractivity contribution in [3.8, 4) is 0 Å². The molecule has 0 spiro atoms. The minimum atomic E-state index is 0.617. The van der Waals surface area contributed by atoms with Crippen molar-refractivity contribution in [1.82, 2.24) is 0 Å². The maximum atomic E-state index is 2.59. The molecule has 0 fully saturated rings.